The monoisotopic (exact) mass is 490 g/mol. The zero-order valence-electron chi connectivity index (χ0n) is 21.8. The van der Waals surface area contributed by atoms with E-state index in [-0.39, 0.29) is 23.1 Å². The molecule has 0 bridgehead atoms. The van der Waals surface area contributed by atoms with Gasteiger partial charge in [-0.2, -0.15) is 0 Å². The van der Waals surface area contributed by atoms with Crippen molar-refractivity contribution < 1.29 is 17.9 Å². The van der Waals surface area contributed by atoms with Crippen molar-refractivity contribution >= 4 is 6.08 Å². The summed E-state index contributed by atoms with van der Waals surface area (Å²) in [7, 11) is 0. The summed E-state index contributed by atoms with van der Waals surface area (Å²) in [6.07, 6.45) is 15.7. The first-order valence-corrected chi connectivity index (χ1v) is 14.4. The quantitative estimate of drug-likeness (QED) is 0.352. The molecular weight excluding hydrogens is 445 g/mol. The molecule has 1 aliphatic heterocycles. The molecule has 4 rings (SSSR count). The van der Waals surface area contributed by atoms with Gasteiger partial charge in [0.15, 0.2) is 0 Å². The Kier molecular flexibility index (Phi) is 9.78. The maximum absolute atomic E-state index is 15.3. The highest BCUT2D eigenvalue weighted by Crippen LogP contribution is 2.42. The molecule has 2 unspecified atom stereocenters. The van der Waals surface area contributed by atoms with Gasteiger partial charge in [-0.05, 0) is 86.5 Å². The van der Waals surface area contributed by atoms with Crippen LogP contribution in [0.1, 0.15) is 126 Å². The fraction of sp³-hybridized carbons (Fsp3) is 0.742. The van der Waals surface area contributed by atoms with Crippen LogP contribution in [-0.4, -0.2) is 12.7 Å². The largest absolute Gasteiger partial charge is 0.374 e. The molecule has 0 spiro atoms. The van der Waals surface area contributed by atoms with E-state index in [0.29, 0.717) is 17.4 Å². The highest BCUT2D eigenvalue weighted by molar-refractivity contribution is 5.54. The number of alkyl halides is 2. The molecular formula is C31H45F3O. The van der Waals surface area contributed by atoms with Crippen LogP contribution < -0.4 is 0 Å². The molecule has 1 aromatic carbocycles. The molecule has 0 N–H and O–H groups in total. The molecule has 2 saturated carbocycles. The average Bonchev–Trinajstić information content (AvgIpc) is 2.88. The molecule has 1 saturated heterocycles. The summed E-state index contributed by atoms with van der Waals surface area (Å²) in [5.41, 5.74) is 0.407. The summed E-state index contributed by atoms with van der Waals surface area (Å²) < 4.78 is 49.4. The van der Waals surface area contributed by atoms with Gasteiger partial charge in [0, 0.05) is 5.56 Å². The molecule has 2 atom stereocenters. The zero-order valence-corrected chi connectivity index (χ0v) is 21.8. The van der Waals surface area contributed by atoms with Gasteiger partial charge in [0.1, 0.15) is 5.82 Å². The highest BCUT2D eigenvalue weighted by atomic mass is 19.3. The van der Waals surface area contributed by atoms with Crippen LogP contribution in [0.25, 0.3) is 6.08 Å². The van der Waals surface area contributed by atoms with E-state index in [1.165, 1.54) is 44.9 Å². The Morgan fingerprint density at radius 1 is 0.886 bits per heavy atom. The van der Waals surface area contributed by atoms with Crippen LogP contribution in [0.15, 0.2) is 18.2 Å². The van der Waals surface area contributed by atoms with E-state index >= 15 is 4.39 Å². The van der Waals surface area contributed by atoms with E-state index < -0.39 is 12.2 Å². The molecule has 1 nitrogen and oxygen atoms in total. The van der Waals surface area contributed by atoms with Crippen molar-refractivity contribution in [1.29, 1.82) is 0 Å². The summed E-state index contributed by atoms with van der Waals surface area (Å²) in [6.45, 7) is 5.25. The molecule has 0 aromatic heterocycles. The molecule has 1 heterocycles. The van der Waals surface area contributed by atoms with Crippen LogP contribution >= 0.6 is 0 Å². The topological polar surface area (TPSA) is 9.23 Å². The van der Waals surface area contributed by atoms with Gasteiger partial charge in [-0.15, -0.1) is 0 Å². The van der Waals surface area contributed by atoms with Crippen LogP contribution in [-0.2, 0) is 4.74 Å². The third kappa shape index (κ3) is 6.73. The fourth-order valence-electron chi connectivity index (χ4n) is 7.10. The molecule has 3 fully saturated rings. The normalized spacial score (nSPS) is 32.4. The Morgan fingerprint density at radius 2 is 1.57 bits per heavy atom. The van der Waals surface area contributed by atoms with Crippen molar-refractivity contribution in [2.45, 2.75) is 116 Å². The molecule has 2 aliphatic carbocycles. The van der Waals surface area contributed by atoms with Crippen molar-refractivity contribution in [3.05, 3.63) is 40.7 Å². The second-order valence-electron chi connectivity index (χ2n) is 11.5. The lowest BCUT2D eigenvalue weighted by molar-refractivity contribution is -0.0163. The third-order valence-corrected chi connectivity index (χ3v) is 9.42. The molecule has 0 radical (unpaired) electrons. The molecule has 0 amide bonds. The second kappa shape index (κ2) is 12.8. The number of benzene rings is 1. The van der Waals surface area contributed by atoms with Gasteiger partial charge in [-0.25, -0.2) is 13.2 Å². The lowest BCUT2D eigenvalue weighted by atomic mass is 9.73. The summed E-state index contributed by atoms with van der Waals surface area (Å²) >= 11 is 0. The number of rotatable bonds is 8. The highest BCUT2D eigenvalue weighted by Gasteiger charge is 2.31. The Labute approximate surface area is 210 Å². The summed E-state index contributed by atoms with van der Waals surface area (Å²) in [4.78, 5) is 0. The number of hydrogen-bond donors (Lipinski definition) is 0. The number of hydrogen-bond acceptors (Lipinski definition) is 1. The van der Waals surface area contributed by atoms with Gasteiger partial charge in [0.25, 0.3) is 6.43 Å². The van der Waals surface area contributed by atoms with Gasteiger partial charge in [0.05, 0.1) is 18.3 Å². The van der Waals surface area contributed by atoms with Crippen molar-refractivity contribution in [2.75, 3.05) is 6.61 Å². The standard InChI is InChI=1S/C31H45F3O/c1-3-5-22-8-12-24(13-9-22)28-19-16-25(30(32)29(28)31(33)34)14-17-27-18-15-26(20-35-27)23-10-6-21(4-2)7-11-23/h14,16-17,19,21-24,26-27,31H,3-13,15,18,20H2,1-2H3/b17-14+. The Bertz CT molecular complexity index is 811. The van der Waals surface area contributed by atoms with Crippen LogP contribution in [0.2, 0.25) is 0 Å². The van der Waals surface area contributed by atoms with E-state index in [4.69, 9.17) is 4.74 Å². The SMILES string of the molecule is CCCC1CCC(c2ccc(/C=C/C3CCC(C4CCC(CC)CC4)CO3)c(F)c2C(F)F)CC1. The van der Waals surface area contributed by atoms with E-state index in [2.05, 4.69) is 13.8 Å². The van der Waals surface area contributed by atoms with Gasteiger partial charge < -0.3 is 4.74 Å². The summed E-state index contributed by atoms with van der Waals surface area (Å²) in [5.74, 6) is 2.31. The van der Waals surface area contributed by atoms with Crippen LogP contribution in [0, 0.1) is 29.5 Å². The van der Waals surface area contributed by atoms with Crippen molar-refractivity contribution in [3.63, 3.8) is 0 Å². The lowest BCUT2D eigenvalue weighted by Crippen LogP contribution is -2.31. The number of halogens is 3. The van der Waals surface area contributed by atoms with Gasteiger partial charge in [-0.1, -0.05) is 70.2 Å². The van der Waals surface area contributed by atoms with Gasteiger partial charge in [0.2, 0.25) is 0 Å². The Balaban J connectivity index is 1.35. The van der Waals surface area contributed by atoms with E-state index in [1.807, 2.05) is 6.08 Å². The second-order valence-corrected chi connectivity index (χ2v) is 11.5. The maximum Gasteiger partial charge on any atom is 0.266 e. The zero-order chi connectivity index (χ0) is 24.8. The van der Waals surface area contributed by atoms with E-state index in [0.717, 1.165) is 57.0 Å². The van der Waals surface area contributed by atoms with Crippen molar-refractivity contribution in [1.82, 2.24) is 0 Å². The molecule has 1 aromatic rings. The summed E-state index contributed by atoms with van der Waals surface area (Å²) in [6, 6.07) is 3.46. The maximum atomic E-state index is 15.3. The predicted octanol–water partition coefficient (Wildman–Crippen LogP) is 9.86. The minimum atomic E-state index is -2.79. The first-order chi connectivity index (χ1) is 17.0. The Morgan fingerprint density at radius 3 is 2.17 bits per heavy atom. The van der Waals surface area contributed by atoms with Gasteiger partial charge >= 0.3 is 0 Å². The van der Waals surface area contributed by atoms with Crippen LogP contribution in [0.5, 0.6) is 0 Å². The minimum absolute atomic E-state index is 0.0469. The minimum Gasteiger partial charge on any atom is -0.374 e. The van der Waals surface area contributed by atoms with Crippen molar-refractivity contribution in [3.8, 4) is 0 Å². The van der Waals surface area contributed by atoms with Crippen LogP contribution in [0.4, 0.5) is 13.2 Å². The fourth-order valence-corrected chi connectivity index (χ4v) is 7.10. The average molecular weight is 491 g/mol. The van der Waals surface area contributed by atoms with E-state index in [1.54, 1.807) is 18.2 Å². The van der Waals surface area contributed by atoms with E-state index in [9.17, 15) is 8.78 Å². The lowest BCUT2D eigenvalue weighted by Gasteiger charge is -2.37. The summed E-state index contributed by atoms with van der Waals surface area (Å²) in [5, 5.41) is 0. The first-order valence-electron chi connectivity index (χ1n) is 14.4. The first kappa shape index (κ1) is 26.8. The molecule has 3 aliphatic rings. The number of ether oxygens (including phenoxy) is 1. The van der Waals surface area contributed by atoms with Crippen LogP contribution in [0.3, 0.4) is 0 Å². The predicted molar refractivity (Wildman–Crippen MR) is 138 cm³/mol. The Hall–Kier alpha value is -1.29. The third-order valence-electron chi connectivity index (χ3n) is 9.42. The smallest absolute Gasteiger partial charge is 0.266 e. The van der Waals surface area contributed by atoms with Crippen molar-refractivity contribution in [2.24, 2.45) is 23.7 Å². The van der Waals surface area contributed by atoms with Gasteiger partial charge in [-0.3, -0.25) is 0 Å². The molecule has 196 valence electrons. The molecule has 35 heavy (non-hydrogen) atoms. The molecule has 4 heteroatoms.